The third-order valence-electron chi connectivity index (χ3n) is 5.11. The Labute approximate surface area is 198 Å². The number of aromatic nitrogens is 1. The summed E-state index contributed by atoms with van der Waals surface area (Å²) in [7, 11) is 3.15. The second-order valence-corrected chi connectivity index (χ2v) is 9.08. The molecule has 0 radical (unpaired) electrons. The highest BCUT2D eigenvalue weighted by atomic mass is 32.1. The van der Waals surface area contributed by atoms with Crippen LogP contribution in [0.25, 0.3) is 6.08 Å². The molecule has 0 fully saturated rings. The average Bonchev–Trinajstić information content (AvgIpc) is 3.45. The van der Waals surface area contributed by atoms with Gasteiger partial charge in [0.2, 0.25) is 0 Å². The minimum atomic E-state index is -0.618. The van der Waals surface area contributed by atoms with Crippen molar-refractivity contribution in [3.05, 3.63) is 89.8 Å². The fourth-order valence-corrected chi connectivity index (χ4v) is 5.47. The van der Waals surface area contributed by atoms with E-state index in [0.717, 1.165) is 4.88 Å². The Bertz CT molecular complexity index is 1410. The normalized spacial score (nSPS) is 15.6. The molecule has 170 valence electrons. The standard InChI is InChI=1S/C24H22N2O5S2/c1-5-10-31-23(28)20-14(2)25-24-26(21(20)18-7-6-11-32-18)22(27)19(33-24)13-15-12-16(29-3)8-9-17(15)30-4/h5-9,11-13,21H,1,10H2,2-4H3/b19-13-/t21-/m1/s1. The van der Waals surface area contributed by atoms with Gasteiger partial charge in [-0.3, -0.25) is 9.36 Å². The summed E-state index contributed by atoms with van der Waals surface area (Å²) in [4.78, 5) is 32.4. The van der Waals surface area contributed by atoms with Crippen molar-refractivity contribution in [1.29, 1.82) is 0 Å². The van der Waals surface area contributed by atoms with Gasteiger partial charge in [0.05, 0.1) is 30.0 Å². The molecule has 0 spiro atoms. The predicted molar refractivity (Wildman–Crippen MR) is 129 cm³/mol. The molecule has 0 bridgehead atoms. The van der Waals surface area contributed by atoms with Crippen LogP contribution in [0.15, 0.2) is 69.4 Å². The Balaban J connectivity index is 1.92. The summed E-state index contributed by atoms with van der Waals surface area (Å²) in [6.07, 6.45) is 3.26. The number of rotatable bonds is 7. The molecule has 0 unspecified atom stereocenters. The zero-order valence-corrected chi connectivity index (χ0v) is 20.0. The smallest absolute Gasteiger partial charge is 0.338 e. The van der Waals surface area contributed by atoms with E-state index in [1.54, 1.807) is 50.0 Å². The fourth-order valence-electron chi connectivity index (χ4n) is 3.60. The topological polar surface area (TPSA) is 79.1 Å². The fraction of sp³-hybridized carbons (Fsp3) is 0.208. The van der Waals surface area contributed by atoms with E-state index in [4.69, 9.17) is 14.2 Å². The first-order valence-electron chi connectivity index (χ1n) is 10.0. The Morgan fingerprint density at radius 3 is 2.76 bits per heavy atom. The molecule has 0 saturated heterocycles. The third-order valence-corrected chi connectivity index (χ3v) is 7.02. The lowest BCUT2D eigenvalue weighted by Crippen LogP contribution is -2.39. The predicted octanol–water partition coefficient (Wildman–Crippen LogP) is 3.04. The molecule has 1 aliphatic rings. The average molecular weight is 483 g/mol. The number of thiophene rings is 1. The van der Waals surface area contributed by atoms with Crippen molar-refractivity contribution in [3.8, 4) is 11.5 Å². The minimum Gasteiger partial charge on any atom is -0.497 e. The van der Waals surface area contributed by atoms with Crippen molar-refractivity contribution < 1.29 is 19.0 Å². The number of benzene rings is 1. The highest BCUT2D eigenvalue weighted by Crippen LogP contribution is 2.33. The van der Waals surface area contributed by atoms with Gasteiger partial charge in [-0.15, -0.1) is 11.3 Å². The molecule has 0 amide bonds. The molecular weight excluding hydrogens is 460 g/mol. The number of methoxy groups -OCH3 is 2. The van der Waals surface area contributed by atoms with E-state index in [9.17, 15) is 9.59 Å². The SMILES string of the molecule is C=CCOC(=O)C1=C(C)N=c2s/c(=C\c3cc(OC)ccc3OC)c(=O)n2[C@@H]1c1cccs1. The molecule has 3 heterocycles. The van der Waals surface area contributed by atoms with Crippen LogP contribution in [0, 0.1) is 0 Å². The van der Waals surface area contributed by atoms with Gasteiger partial charge in [-0.1, -0.05) is 30.1 Å². The summed E-state index contributed by atoms with van der Waals surface area (Å²) >= 11 is 2.73. The Hall–Kier alpha value is -3.43. The van der Waals surface area contributed by atoms with Crippen LogP contribution in [0.4, 0.5) is 0 Å². The lowest BCUT2D eigenvalue weighted by Gasteiger charge is -2.23. The van der Waals surface area contributed by atoms with E-state index in [-0.39, 0.29) is 12.2 Å². The van der Waals surface area contributed by atoms with Crippen LogP contribution >= 0.6 is 22.7 Å². The van der Waals surface area contributed by atoms with Gasteiger partial charge < -0.3 is 14.2 Å². The molecule has 0 N–H and O–H groups in total. The molecule has 9 heteroatoms. The Morgan fingerprint density at radius 1 is 1.27 bits per heavy atom. The number of esters is 1. The number of thiazole rings is 1. The van der Waals surface area contributed by atoms with E-state index < -0.39 is 12.0 Å². The van der Waals surface area contributed by atoms with Crippen molar-refractivity contribution >= 4 is 34.7 Å². The van der Waals surface area contributed by atoms with Crippen LogP contribution in [-0.4, -0.2) is 31.4 Å². The Kier molecular flexibility index (Phi) is 6.62. The van der Waals surface area contributed by atoms with Crippen molar-refractivity contribution in [2.45, 2.75) is 13.0 Å². The summed E-state index contributed by atoms with van der Waals surface area (Å²) < 4.78 is 18.1. The van der Waals surface area contributed by atoms with Gasteiger partial charge in [-0.05, 0) is 42.6 Å². The summed E-state index contributed by atoms with van der Waals surface area (Å²) in [5.41, 5.74) is 1.33. The van der Waals surface area contributed by atoms with E-state index in [1.807, 2.05) is 17.5 Å². The highest BCUT2D eigenvalue weighted by Gasteiger charge is 2.33. The first-order chi connectivity index (χ1) is 16.0. The summed E-state index contributed by atoms with van der Waals surface area (Å²) in [6, 6.07) is 8.55. The first kappa shape index (κ1) is 22.8. The zero-order valence-electron chi connectivity index (χ0n) is 18.4. The number of ether oxygens (including phenoxy) is 3. The Morgan fingerprint density at radius 2 is 2.09 bits per heavy atom. The summed E-state index contributed by atoms with van der Waals surface area (Å²) in [6.45, 7) is 5.43. The number of hydrogen-bond donors (Lipinski definition) is 0. The maximum atomic E-state index is 13.6. The van der Waals surface area contributed by atoms with Gasteiger partial charge in [0, 0.05) is 10.4 Å². The third kappa shape index (κ3) is 4.29. The second-order valence-electron chi connectivity index (χ2n) is 7.09. The van der Waals surface area contributed by atoms with Gasteiger partial charge in [-0.2, -0.15) is 0 Å². The van der Waals surface area contributed by atoms with Gasteiger partial charge in [0.25, 0.3) is 5.56 Å². The van der Waals surface area contributed by atoms with E-state index in [2.05, 4.69) is 11.6 Å². The van der Waals surface area contributed by atoms with Gasteiger partial charge in [-0.25, -0.2) is 9.79 Å². The largest absolute Gasteiger partial charge is 0.497 e. The summed E-state index contributed by atoms with van der Waals surface area (Å²) in [5.74, 6) is 0.744. The van der Waals surface area contributed by atoms with Crippen molar-refractivity contribution in [1.82, 2.24) is 4.57 Å². The maximum Gasteiger partial charge on any atom is 0.338 e. The molecule has 2 aromatic heterocycles. The molecule has 1 atom stereocenters. The zero-order chi connectivity index (χ0) is 23.5. The molecule has 1 aromatic carbocycles. The van der Waals surface area contributed by atoms with E-state index in [0.29, 0.717) is 37.7 Å². The van der Waals surface area contributed by atoms with Crippen LogP contribution in [0.3, 0.4) is 0 Å². The first-order valence-corrected chi connectivity index (χ1v) is 11.7. The van der Waals surface area contributed by atoms with Crippen LogP contribution in [0.1, 0.15) is 23.4 Å². The number of hydrogen-bond acceptors (Lipinski definition) is 8. The van der Waals surface area contributed by atoms with Crippen molar-refractivity contribution in [3.63, 3.8) is 0 Å². The molecular formula is C24H22N2O5S2. The quantitative estimate of drug-likeness (QED) is 0.382. The molecule has 1 aliphatic heterocycles. The van der Waals surface area contributed by atoms with E-state index in [1.165, 1.54) is 28.7 Å². The lowest BCUT2D eigenvalue weighted by molar-refractivity contribution is -0.138. The monoisotopic (exact) mass is 482 g/mol. The van der Waals surface area contributed by atoms with Crippen LogP contribution < -0.4 is 24.4 Å². The number of fused-ring (bicyclic) bond motifs is 1. The number of nitrogens with zero attached hydrogens (tertiary/aromatic N) is 2. The number of carbonyl (C=O) groups excluding carboxylic acids is 1. The molecule has 7 nitrogen and oxygen atoms in total. The van der Waals surface area contributed by atoms with E-state index >= 15 is 0 Å². The van der Waals surface area contributed by atoms with Crippen molar-refractivity contribution in [2.75, 3.05) is 20.8 Å². The molecule has 33 heavy (non-hydrogen) atoms. The lowest BCUT2D eigenvalue weighted by atomic mass is 10.0. The summed E-state index contributed by atoms with van der Waals surface area (Å²) in [5, 5.41) is 1.91. The number of allylic oxidation sites excluding steroid dienone is 1. The minimum absolute atomic E-state index is 0.0762. The van der Waals surface area contributed by atoms with Gasteiger partial charge in [0.1, 0.15) is 24.1 Å². The van der Waals surface area contributed by atoms with Crippen molar-refractivity contribution in [2.24, 2.45) is 4.99 Å². The van der Waals surface area contributed by atoms with Crippen LogP contribution in [0.2, 0.25) is 0 Å². The molecule has 4 rings (SSSR count). The number of carbonyl (C=O) groups is 1. The molecule has 3 aromatic rings. The maximum absolute atomic E-state index is 13.6. The van der Waals surface area contributed by atoms with Crippen LogP contribution in [0.5, 0.6) is 11.5 Å². The molecule has 0 aliphatic carbocycles. The second kappa shape index (κ2) is 9.60. The van der Waals surface area contributed by atoms with Gasteiger partial charge in [0.15, 0.2) is 4.80 Å². The van der Waals surface area contributed by atoms with Gasteiger partial charge >= 0.3 is 5.97 Å². The van der Waals surface area contributed by atoms with Crippen LogP contribution in [-0.2, 0) is 9.53 Å². The molecule has 0 saturated carbocycles. The highest BCUT2D eigenvalue weighted by molar-refractivity contribution is 7.10.